The van der Waals surface area contributed by atoms with Crippen LogP contribution in [-0.4, -0.2) is 100 Å². The second-order valence-electron chi connectivity index (χ2n) is 13.3. The number of nitrogens with zero attached hydrogens (tertiary/aromatic N) is 7. The molecule has 47 heavy (non-hydrogen) atoms. The maximum Gasteiger partial charge on any atom is 0.319 e. The molecule has 0 bridgehead atoms. The van der Waals surface area contributed by atoms with Gasteiger partial charge < -0.3 is 19.3 Å². The van der Waals surface area contributed by atoms with Gasteiger partial charge in [-0.25, -0.2) is 4.39 Å². The van der Waals surface area contributed by atoms with Crippen molar-refractivity contribution in [2.24, 2.45) is 0 Å². The number of likely N-dealkylation sites (N-methyl/N-ethyl adjacent to an activating group) is 1. The number of carbonyl (C=O) groups is 1. The summed E-state index contributed by atoms with van der Waals surface area (Å²) in [6.45, 7) is 11.7. The number of anilines is 1. The van der Waals surface area contributed by atoms with E-state index in [0.717, 1.165) is 47.8 Å². The molecule has 2 saturated heterocycles. The number of amides is 1. The second kappa shape index (κ2) is 12.3. The van der Waals surface area contributed by atoms with Crippen LogP contribution in [0.15, 0.2) is 37.1 Å². The number of methoxy groups -OCH3 is 1. The molecule has 0 N–H and O–H groups in total. The summed E-state index contributed by atoms with van der Waals surface area (Å²) in [7, 11) is 3.76. The molecule has 4 atom stereocenters. The molecule has 0 radical (unpaired) electrons. The SMILES string of the molecule is C=CC(=O)N1C[C@H](C)N(c2nc(OC[C@@H]3C[C@H](OC)CN3C)nc3c(F)c(-c4c(C)ccc5cnn(C6CC6)c45)c(Cl)cc23)C[C@H]1C. The van der Waals surface area contributed by atoms with Crippen LogP contribution in [-0.2, 0) is 9.53 Å². The summed E-state index contributed by atoms with van der Waals surface area (Å²) in [5, 5.41) is 6.36. The first-order valence-electron chi connectivity index (χ1n) is 16.3. The van der Waals surface area contributed by atoms with Gasteiger partial charge in [-0.15, -0.1) is 0 Å². The van der Waals surface area contributed by atoms with Gasteiger partial charge in [0.1, 0.15) is 17.9 Å². The first kappa shape index (κ1) is 31.8. The molecule has 3 aliphatic rings. The molecule has 1 aliphatic carbocycles. The van der Waals surface area contributed by atoms with E-state index in [4.69, 9.17) is 31.0 Å². The molecule has 4 aromatic rings. The molecule has 12 heteroatoms. The predicted octanol–water partition coefficient (Wildman–Crippen LogP) is 5.79. The Morgan fingerprint density at radius 1 is 1.15 bits per heavy atom. The Kier molecular flexibility index (Phi) is 8.34. The number of piperazine rings is 1. The molecule has 10 nitrogen and oxygen atoms in total. The highest BCUT2D eigenvalue weighted by molar-refractivity contribution is 6.35. The van der Waals surface area contributed by atoms with Crippen molar-refractivity contribution < 1.29 is 18.7 Å². The highest BCUT2D eigenvalue weighted by Gasteiger charge is 2.35. The number of aromatic nitrogens is 4. The molecule has 4 heterocycles. The molecule has 7 rings (SSSR count). The quantitative estimate of drug-likeness (QED) is 0.219. The van der Waals surface area contributed by atoms with Crippen LogP contribution >= 0.6 is 11.6 Å². The molecule has 0 spiro atoms. The van der Waals surface area contributed by atoms with Crippen molar-refractivity contribution in [2.45, 2.75) is 70.3 Å². The maximum atomic E-state index is 17.2. The average molecular weight is 662 g/mol. The van der Waals surface area contributed by atoms with Gasteiger partial charge in [0.25, 0.3) is 0 Å². The van der Waals surface area contributed by atoms with Crippen LogP contribution in [0.4, 0.5) is 10.2 Å². The molecule has 1 amide bonds. The van der Waals surface area contributed by atoms with Gasteiger partial charge in [0, 0.05) is 66.8 Å². The number of hydrogen-bond donors (Lipinski definition) is 0. The molecular formula is C35H41ClFN7O3. The van der Waals surface area contributed by atoms with Gasteiger partial charge in [0.15, 0.2) is 5.82 Å². The van der Waals surface area contributed by atoms with E-state index >= 15 is 4.39 Å². The zero-order chi connectivity index (χ0) is 33.1. The third kappa shape index (κ3) is 5.62. The Bertz CT molecular complexity index is 1880. The summed E-state index contributed by atoms with van der Waals surface area (Å²) >= 11 is 7.06. The van der Waals surface area contributed by atoms with Crippen molar-refractivity contribution in [3.8, 4) is 17.1 Å². The van der Waals surface area contributed by atoms with Crippen LogP contribution in [0.5, 0.6) is 6.01 Å². The normalized spacial score (nSPS) is 23.6. The van der Waals surface area contributed by atoms with Gasteiger partial charge in [-0.3, -0.25) is 14.4 Å². The largest absolute Gasteiger partial charge is 0.462 e. The molecule has 3 fully saturated rings. The van der Waals surface area contributed by atoms with Crippen LogP contribution in [0, 0.1) is 12.7 Å². The number of ether oxygens (including phenoxy) is 2. The Hall–Kier alpha value is -3.80. The third-order valence-corrected chi connectivity index (χ3v) is 10.4. The minimum Gasteiger partial charge on any atom is -0.462 e. The van der Waals surface area contributed by atoms with E-state index in [1.807, 2.05) is 50.8 Å². The minimum absolute atomic E-state index is 0.0938. The number of rotatable bonds is 8. The van der Waals surface area contributed by atoms with Crippen LogP contribution in [0.3, 0.4) is 0 Å². The molecule has 0 unspecified atom stereocenters. The van der Waals surface area contributed by atoms with Crippen molar-refractivity contribution in [1.82, 2.24) is 29.5 Å². The maximum absolute atomic E-state index is 17.2. The monoisotopic (exact) mass is 661 g/mol. The van der Waals surface area contributed by atoms with Gasteiger partial charge >= 0.3 is 6.01 Å². The number of halogens is 2. The molecule has 2 aliphatic heterocycles. The van der Waals surface area contributed by atoms with Gasteiger partial charge in [0.05, 0.1) is 28.9 Å². The van der Waals surface area contributed by atoms with E-state index in [-0.39, 0.29) is 46.7 Å². The summed E-state index contributed by atoms with van der Waals surface area (Å²) in [4.78, 5) is 28.3. The lowest BCUT2D eigenvalue weighted by Gasteiger charge is -2.44. The van der Waals surface area contributed by atoms with Crippen LogP contribution < -0.4 is 9.64 Å². The smallest absolute Gasteiger partial charge is 0.319 e. The van der Waals surface area contributed by atoms with Gasteiger partial charge in [-0.05, 0) is 64.8 Å². The lowest BCUT2D eigenvalue weighted by molar-refractivity contribution is -0.128. The molecule has 248 valence electrons. The lowest BCUT2D eigenvalue weighted by Crippen LogP contribution is -2.58. The molecule has 1 saturated carbocycles. The Morgan fingerprint density at radius 3 is 2.64 bits per heavy atom. The number of hydrogen-bond acceptors (Lipinski definition) is 8. The summed E-state index contributed by atoms with van der Waals surface area (Å²) in [6, 6.07) is 6.01. The van der Waals surface area contributed by atoms with E-state index in [2.05, 4.69) is 21.5 Å². The number of benzene rings is 2. The van der Waals surface area contributed by atoms with Crippen molar-refractivity contribution >= 4 is 45.1 Å². The van der Waals surface area contributed by atoms with Gasteiger partial charge in [-0.1, -0.05) is 30.3 Å². The standard InChI is InChI=1S/C35H41ClFN7O3/c1-7-28(45)42-15-21(4)43(16-20(42)3)34-26-13-27(36)30(29-19(2)8-9-22-14-38-44(33(22)29)23-10-11-23)31(37)32(26)39-35(40-34)47-18-24-12-25(46-6)17-41(24)5/h7-9,13-14,20-21,23-25H,1,10-12,15-18H2,2-6H3/t20-,21+,24+,25+/m1/s1. The summed E-state index contributed by atoms with van der Waals surface area (Å²) in [5.41, 5.74) is 2.92. The van der Waals surface area contributed by atoms with E-state index < -0.39 is 5.82 Å². The van der Waals surface area contributed by atoms with Gasteiger partial charge in [-0.2, -0.15) is 15.1 Å². The number of carbonyl (C=O) groups excluding carboxylic acids is 1. The zero-order valence-electron chi connectivity index (χ0n) is 27.5. The van der Waals surface area contributed by atoms with Crippen molar-refractivity contribution in [2.75, 3.05) is 45.3 Å². The van der Waals surface area contributed by atoms with E-state index in [1.54, 1.807) is 18.1 Å². The average Bonchev–Trinajstić information content (AvgIpc) is 3.71. The molecule has 2 aromatic heterocycles. The van der Waals surface area contributed by atoms with Crippen molar-refractivity contribution in [3.05, 3.63) is 53.5 Å². The Labute approximate surface area is 279 Å². The fourth-order valence-electron chi connectivity index (χ4n) is 7.24. The van der Waals surface area contributed by atoms with Crippen LogP contribution in [0.25, 0.3) is 32.9 Å². The Balaban J connectivity index is 1.37. The summed E-state index contributed by atoms with van der Waals surface area (Å²) < 4.78 is 31.1. The number of fused-ring (bicyclic) bond motifs is 2. The van der Waals surface area contributed by atoms with Crippen LogP contribution in [0.2, 0.25) is 5.02 Å². The van der Waals surface area contributed by atoms with Crippen molar-refractivity contribution in [3.63, 3.8) is 0 Å². The highest BCUT2D eigenvalue weighted by atomic mass is 35.5. The summed E-state index contributed by atoms with van der Waals surface area (Å²) in [6.07, 6.45) is 6.19. The van der Waals surface area contributed by atoms with E-state index in [1.165, 1.54) is 6.08 Å². The van der Waals surface area contributed by atoms with Crippen LogP contribution in [0.1, 0.15) is 44.7 Å². The second-order valence-corrected chi connectivity index (χ2v) is 13.7. The van der Waals surface area contributed by atoms with E-state index in [9.17, 15) is 4.79 Å². The van der Waals surface area contributed by atoms with Gasteiger partial charge in [0.2, 0.25) is 5.91 Å². The Morgan fingerprint density at radius 2 is 1.94 bits per heavy atom. The number of likely N-dealkylation sites (tertiary alicyclic amines) is 1. The molecule has 2 aromatic carbocycles. The van der Waals surface area contributed by atoms with Crippen molar-refractivity contribution in [1.29, 1.82) is 0 Å². The first-order valence-corrected chi connectivity index (χ1v) is 16.7. The first-order chi connectivity index (χ1) is 22.6. The highest BCUT2D eigenvalue weighted by Crippen LogP contribution is 2.45. The fraction of sp³-hybridized carbons (Fsp3) is 0.486. The predicted molar refractivity (Wildman–Crippen MR) is 182 cm³/mol. The topological polar surface area (TPSA) is 88.8 Å². The third-order valence-electron chi connectivity index (χ3n) is 10.1. The molecular weight excluding hydrogens is 621 g/mol. The lowest BCUT2D eigenvalue weighted by atomic mass is 9.95. The minimum atomic E-state index is -0.529. The summed E-state index contributed by atoms with van der Waals surface area (Å²) in [5.74, 6) is -0.127. The zero-order valence-corrected chi connectivity index (χ0v) is 28.3. The fourth-order valence-corrected chi connectivity index (χ4v) is 7.52. The number of aryl methyl sites for hydroxylation is 1. The van der Waals surface area contributed by atoms with E-state index in [0.29, 0.717) is 42.5 Å².